The van der Waals surface area contributed by atoms with Crippen molar-refractivity contribution in [2.75, 3.05) is 4.90 Å². The summed E-state index contributed by atoms with van der Waals surface area (Å²) in [5.74, 6) is 0. The van der Waals surface area contributed by atoms with E-state index in [0.717, 1.165) is 33.8 Å². The lowest BCUT2D eigenvalue weighted by molar-refractivity contribution is 0.768. The average molecular weight is 743 g/mol. The molecule has 2 heteroatoms. The predicted octanol–water partition coefficient (Wildman–Crippen LogP) is 14.9. The van der Waals surface area contributed by atoms with E-state index in [0.29, 0.717) is 0 Å². The third kappa shape index (κ3) is 5.64. The maximum Gasteiger partial charge on any atom is 0.0714 e. The molecule has 58 heavy (non-hydrogen) atoms. The Bertz CT molecular complexity index is 2970. The number of aromatic nitrogens is 1. The smallest absolute Gasteiger partial charge is 0.0714 e. The molecule has 0 N–H and O–H groups in total. The highest BCUT2D eigenvalue weighted by Gasteiger charge is 2.46. The van der Waals surface area contributed by atoms with E-state index in [9.17, 15) is 0 Å². The first kappa shape index (κ1) is 35.0. The molecule has 2 nitrogen and oxygen atoms in total. The number of fused-ring (bicyclic) bond motifs is 6. The van der Waals surface area contributed by atoms with Gasteiger partial charge in [-0.05, 0) is 112 Å². The number of nitrogens with zero attached hydrogens (tertiary/aromatic N) is 2. The van der Waals surface area contributed by atoms with Crippen LogP contribution in [0.25, 0.3) is 49.8 Å². The van der Waals surface area contributed by atoms with Crippen molar-refractivity contribution in [2.45, 2.75) is 12.3 Å². The second-order valence-corrected chi connectivity index (χ2v) is 14.9. The van der Waals surface area contributed by atoms with Gasteiger partial charge >= 0.3 is 0 Å². The van der Waals surface area contributed by atoms with Gasteiger partial charge in [-0.15, -0.1) is 0 Å². The molecular weight excluding hydrogens is 701 g/mol. The summed E-state index contributed by atoms with van der Waals surface area (Å²) in [6.07, 6.45) is 8.17. The van der Waals surface area contributed by atoms with Crippen LogP contribution < -0.4 is 4.90 Å². The molecule has 276 valence electrons. The molecule has 0 saturated heterocycles. The first-order chi connectivity index (χ1) is 28.7. The standard InChI is InChI=1S/C56H42N2/c1-3-4-8-19-40(2)57-54-29-18-16-27-50(54)51-38-42(32-37-55(51)57)41-30-33-46(34-31-41)58(45-24-13-7-14-25-45)47-35-36-49-48-26-15-17-28-52(48)56(53(49)39-47,43-20-9-5-10-21-43)44-22-11-6-12-23-44/h3-39H,2H2,1H3/b4-3-,19-8-. The summed E-state index contributed by atoms with van der Waals surface area (Å²) in [6.45, 7) is 6.45. The summed E-state index contributed by atoms with van der Waals surface area (Å²) in [4.78, 5) is 2.39. The Morgan fingerprint density at radius 2 is 1.05 bits per heavy atom. The van der Waals surface area contributed by atoms with E-state index in [1.54, 1.807) is 0 Å². The molecule has 8 aromatic carbocycles. The van der Waals surface area contributed by atoms with Gasteiger partial charge in [0.1, 0.15) is 0 Å². The van der Waals surface area contributed by atoms with Crippen molar-refractivity contribution in [2.24, 2.45) is 0 Å². The molecule has 0 amide bonds. The van der Waals surface area contributed by atoms with Gasteiger partial charge in [0.2, 0.25) is 0 Å². The largest absolute Gasteiger partial charge is 0.310 e. The third-order valence-electron chi connectivity index (χ3n) is 11.7. The second kappa shape index (κ2) is 14.6. The predicted molar refractivity (Wildman–Crippen MR) is 246 cm³/mol. The van der Waals surface area contributed by atoms with Crippen molar-refractivity contribution in [3.8, 4) is 22.3 Å². The van der Waals surface area contributed by atoms with Crippen molar-refractivity contribution >= 4 is 44.6 Å². The lowest BCUT2D eigenvalue weighted by Crippen LogP contribution is -2.28. The highest BCUT2D eigenvalue weighted by molar-refractivity contribution is 6.11. The van der Waals surface area contributed by atoms with Gasteiger partial charge in [-0.25, -0.2) is 0 Å². The Hall–Kier alpha value is -7.42. The molecule has 0 atom stereocenters. The number of anilines is 3. The van der Waals surface area contributed by atoms with Gasteiger partial charge in [0.05, 0.1) is 16.4 Å². The van der Waals surface area contributed by atoms with Gasteiger partial charge in [0.15, 0.2) is 0 Å². The lowest BCUT2D eigenvalue weighted by Gasteiger charge is -2.35. The van der Waals surface area contributed by atoms with Crippen LogP contribution in [0.1, 0.15) is 29.2 Å². The highest BCUT2D eigenvalue weighted by Crippen LogP contribution is 2.57. The topological polar surface area (TPSA) is 8.17 Å². The van der Waals surface area contributed by atoms with Crippen LogP contribution in [0.2, 0.25) is 0 Å². The summed E-state index contributed by atoms with van der Waals surface area (Å²) in [6, 6.07) is 73.2. The average Bonchev–Trinajstić information content (AvgIpc) is 3.78. The molecule has 0 unspecified atom stereocenters. The summed E-state index contributed by atoms with van der Waals surface area (Å²) in [7, 11) is 0. The number of rotatable bonds is 9. The monoisotopic (exact) mass is 742 g/mol. The molecule has 1 heterocycles. The SMILES string of the molecule is C=C(/C=C\C=C/C)n1c2ccccc2c2cc(-c3ccc(N(c4ccccc4)c4ccc5c(c4)C(c4ccccc4)(c4ccccc4)c4ccccc4-5)cc3)ccc21. The molecule has 0 aliphatic heterocycles. The molecule has 9 aromatic rings. The minimum atomic E-state index is -0.479. The van der Waals surface area contributed by atoms with E-state index < -0.39 is 5.41 Å². The molecule has 0 bridgehead atoms. The molecule has 0 radical (unpaired) electrons. The molecule has 0 fully saturated rings. The molecular formula is C56H42N2. The molecule has 0 spiro atoms. The maximum atomic E-state index is 4.43. The van der Waals surface area contributed by atoms with Crippen LogP contribution in [0.4, 0.5) is 17.1 Å². The van der Waals surface area contributed by atoms with E-state index >= 15 is 0 Å². The maximum absolute atomic E-state index is 4.43. The van der Waals surface area contributed by atoms with Gasteiger partial charge in [0.25, 0.3) is 0 Å². The first-order valence-electron chi connectivity index (χ1n) is 20.0. The Morgan fingerprint density at radius 3 is 1.78 bits per heavy atom. The molecule has 1 aliphatic rings. The summed E-state index contributed by atoms with van der Waals surface area (Å²) in [5, 5.41) is 2.43. The number of benzene rings is 8. The number of allylic oxidation sites excluding steroid dienone is 5. The normalized spacial score (nSPS) is 13.0. The fourth-order valence-electron chi connectivity index (χ4n) is 9.21. The molecule has 10 rings (SSSR count). The zero-order chi connectivity index (χ0) is 39.1. The van der Waals surface area contributed by atoms with E-state index in [2.05, 4.69) is 222 Å². The Labute approximate surface area is 340 Å². The third-order valence-corrected chi connectivity index (χ3v) is 11.7. The Kier molecular flexibility index (Phi) is 8.81. The quantitative estimate of drug-likeness (QED) is 0.134. The lowest BCUT2D eigenvalue weighted by atomic mass is 9.67. The fourth-order valence-corrected chi connectivity index (χ4v) is 9.21. The van der Waals surface area contributed by atoms with Crippen molar-refractivity contribution in [1.29, 1.82) is 0 Å². The van der Waals surface area contributed by atoms with E-state index in [1.165, 1.54) is 55.3 Å². The van der Waals surface area contributed by atoms with Gasteiger partial charge < -0.3 is 9.47 Å². The number of hydrogen-bond donors (Lipinski definition) is 0. The second-order valence-electron chi connectivity index (χ2n) is 14.9. The summed E-state index contributed by atoms with van der Waals surface area (Å²) < 4.78 is 2.26. The minimum absolute atomic E-state index is 0.479. The number of para-hydroxylation sites is 2. The van der Waals surface area contributed by atoms with Gasteiger partial charge in [-0.3, -0.25) is 0 Å². The van der Waals surface area contributed by atoms with Crippen molar-refractivity contribution in [1.82, 2.24) is 4.57 Å². The van der Waals surface area contributed by atoms with E-state index in [1.807, 2.05) is 25.2 Å². The zero-order valence-corrected chi connectivity index (χ0v) is 32.5. The van der Waals surface area contributed by atoms with E-state index in [4.69, 9.17) is 0 Å². The van der Waals surface area contributed by atoms with Crippen LogP contribution in [0.5, 0.6) is 0 Å². The summed E-state index contributed by atoms with van der Waals surface area (Å²) >= 11 is 0. The Morgan fingerprint density at radius 1 is 0.483 bits per heavy atom. The van der Waals surface area contributed by atoms with E-state index in [-0.39, 0.29) is 0 Å². The van der Waals surface area contributed by atoms with Gasteiger partial charge in [0, 0.05) is 33.5 Å². The van der Waals surface area contributed by atoms with Crippen molar-refractivity contribution in [3.05, 3.63) is 253 Å². The van der Waals surface area contributed by atoms with Gasteiger partial charge in [-0.1, -0.05) is 170 Å². The fraction of sp³-hybridized carbons (Fsp3) is 0.0357. The van der Waals surface area contributed by atoms with Crippen LogP contribution in [0.15, 0.2) is 231 Å². The van der Waals surface area contributed by atoms with Crippen LogP contribution in [0.3, 0.4) is 0 Å². The summed E-state index contributed by atoms with van der Waals surface area (Å²) in [5.41, 5.74) is 16.1. The highest BCUT2D eigenvalue weighted by atomic mass is 15.1. The van der Waals surface area contributed by atoms with Crippen molar-refractivity contribution < 1.29 is 0 Å². The van der Waals surface area contributed by atoms with Gasteiger partial charge in [-0.2, -0.15) is 0 Å². The van der Waals surface area contributed by atoms with Crippen molar-refractivity contribution in [3.63, 3.8) is 0 Å². The van der Waals surface area contributed by atoms with Crippen LogP contribution in [0, 0.1) is 0 Å². The molecule has 1 aromatic heterocycles. The Balaban J connectivity index is 1.10. The molecule has 1 aliphatic carbocycles. The minimum Gasteiger partial charge on any atom is -0.310 e. The van der Waals surface area contributed by atoms with Crippen LogP contribution in [-0.2, 0) is 5.41 Å². The van der Waals surface area contributed by atoms with Crippen LogP contribution in [-0.4, -0.2) is 4.57 Å². The first-order valence-corrected chi connectivity index (χ1v) is 20.0. The van der Waals surface area contributed by atoms with Crippen LogP contribution >= 0.6 is 0 Å². The zero-order valence-electron chi connectivity index (χ0n) is 32.5. The molecule has 0 saturated carbocycles. The number of hydrogen-bond acceptors (Lipinski definition) is 1.